The quantitative estimate of drug-likeness (QED) is 0.859. The number of nitrogens with zero attached hydrogens (tertiary/aromatic N) is 1. The van der Waals surface area contributed by atoms with Gasteiger partial charge in [-0.25, -0.2) is 0 Å². The van der Waals surface area contributed by atoms with E-state index in [1.807, 2.05) is 6.92 Å². The Morgan fingerprint density at radius 2 is 2.06 bits per heavy atom. The molecule has 0 aromatic heterocycles. The summed E-state index contributed by atoms with van der Waals surface area (Å²) in [6.45, 7) is 5.98. The number of anilines is 1. The smallest absolute Gasteiger partial charge is 0.0557 e. The number of rotatable bonds is 4. The number of nitrogens with two attached hydrogens (primary N) is 1. The van der Waals surface area contributed by atoms with E-state index in [1.54, 1.807) is 0 Å². The third kappa shape index (κ3) is 2.85. The molecule has 3 N–H and O–H groups in total. The van der Waals surface area contributed by atoms with Crippen LogP contribution in [0.4, 0.5) is 5.69 Å². The molecule has 1 fully saturated rings. The summed E-state index contributed by atoms with van der Waals surface area (Å²) >= 11 is 0. The van der Waals surface area contributed by atoms with Gasteiger partial charge in [0.1, 0.15) is 0 Å². The number of benzene rings is 1. The highest BCUT2D eigenvalue weighted by Gasteiger charge is 2.25. The third-order valence-corrected chi connectivity index (χ3v) is 4.03. The number of aliphatic hydroxyl groups is 1. The number of hydrogen-bond acceptors (Lipinski definition) is 3. The fourth-order valence-electron chi connectivity index (χ4n) is 2.58. The van der Waals surface area contributed by atoms with Crippen molar-refractivity contribution in [1.82, 2.24) is 0 Å². The molecule has 1 aliphatic heterocycles. The molecule has 0 amide bonds. The van der Waals surface area contributed by atoms with Crippen molar-refractivity contribution in [1.29, 1.82) is 0 Å². The number of aliphatic hydroxyl groups excluding tert-OH is 1. The second-order valence-corrected chi connectivity index (χ2v) is 5.34. The Labute approximate surface area is 110 Å². The van der Waals surface area contributed by atoms with Gasteiger partial charge in [-0.3, -0.25) is 0 Å². The highest BCUT2D eigenvalue weighted by molar-refractivity contribution is 5.49. The molecule has 1 aromatic carbocycles. The first-order valence-electron chi connectivity index (χ1n) is 6.90. The maximum absolute atomic E-state index is 9.62. The van der Waals surface area contributed by atoms with Gasteiger partial charge < -0.3 is 15.7 Å². The molecule has 1 aliphatic rings. The standard InChI is InChI=1S/C15H24N2O/c1-3-15(16)12-4-6-14(7-5-12)17-9-8-13(10-17)11(2)18/h4-7,11,13,15,18H,3,8-10,16H2,1-2H3/t11?,13?,15-/m1/s1. The molecule has 0 spiro atoms. The topological polar surface area (TPSA) is 49.5 Å². The monoisotopic (exact) mass is 248 g/mol. The van der Waals surface area contributed by atoms with Crippen LogP contribution in [0.25, 0.3) is 0 Å². The molecule has 0 saturated carbocycles. The zero-order valence-corrected chi connectivity index (χ0v) is 11.3. The summed E-state index contributed by atoms with van der Waals surface area (Å²) in [6, 6.07) is 8.69. The maximum atomic E-state index is 9.62. The van der Waals surface area contributed by atoms with Crippen LogP contribution in [0.15, 0.2) is 24.3 Å². The third-order valence-electron chi connectivity index (χ3n) is 4.03. The Bertz CT molecular complexity index is 375. The highest BCUT2D eigenvalue weighted by Crippen LogP contribution is 2.27. The molecular formula is C15H24N2O. The largest absolute Gasteiger partial charge is 0.393 e. The van der Waals surface area contributed by atoms with Crippen molar-refractivity contribution >= 4 is 5.69 Å². The van der Waals surface area contributed by atoms with Gasteiger partial charge in [0.2, 0.25) is 0 Å². The van der Waals surface area contributed by atoms with Crippen LogP contribution in [0.1, 0.15) is 38.3 Å². The first kappa shape index (κ1) is 13.4. The van der Waals surface area contributed by atoms with Crippen molar-refractivity contribution in [3.05, 3.63) is 29.8 Å². The fourth-order valence-corrected chi connectivity index (χ4v) is 2.58. The van der Waals surface area contributed by atoms with E-state index in [4.69, 9.17) is 5.73 Å². The molecule has 0 radical (unpaired) electrons. The van der Waals surface area contributed by atoms with Crippen molar-refractivity contribution in [2.24, 2.45) is 11.7 Å². The average molecular weight is 248 g/mol. The summed E-state index contributed by atoms with van der Waals surface area (Å²) in [6.07, 6.45) is 1.84. The lowest BCUT2D eigenvalue weighted by atomic mass is 10.0. The summed E-state index contributed by atoms with van der Waals surface area (Å²) in [5.74, 6) is 0.405. The van der Waals surface area contributed by atoms with Gasteiger partial charge in [0.25, 0.3) is 0 Å². The lowest BCUT2D eigenvalue weighted by molar-refractivity contribution is 0.136. The Morgan fingerprint density at radius 1 is 1.39 bits per heavy atom. The molecule has 2 unspecified atom stereocenters. The van der Waals surface area contributed by atoms with Gasteiger partial charge >= 0.3 is 0 Å². The van der Waals surface area contributed by atoms with E-state index in [2.05, 4.69) is 36.1 Å². The van der Waals surface area contributed by atoms with Crippen LogP contribution in [0.3, 0.4) is 0 Å². The SMILES string of the molecule is CC[C@@H](N)c1ccc(N2CCC(C(C)O)C2)cc1. The molecule has 1 aromatic rings. The van der Waals surface area contributed by atoms with E-state index in [0.717, 1.165) is 25.9 Å². The minimum absolute atomic E-state index is 0.142. The molecule has 2 rings (SSSR count). The summed E-state index contributed by atoms with van der Waals surface area (Å²) in [7, 11) is 0. The van der Waals surface area contributed by atoms with Gasteiger partial charge in [-0.1, -0.05) is 19.1 Å². The van der Waals surface area contributed by atoms with Gasteiger partial charge in [-0.05, 0) is 37.5 Å². The van der Waals surface area contributed by atoms with Gasteiger partial charge in [0, 0.05) is 30.7 Å². The molecule has 3 heteroatoms. The predicted octanol–water partition coefficient (Wildman–Crippen LogP) is 2.30. The van der Waals surface area contributed by atoms with E-state index in [9.17, 15) is 5.11 Å². The van der Waals surface area contributed by atoms with Crippen molar-refractivity contribution in [2.75, 3.05) is 18.0 Å². The minimum atomic E-state index is -0.206. The molecule has 3 nitrogen and oxygen atoms in total. The Balaban J connectivity index is 2.02. The van der Waals surface area contributed by atoms with Crippen LogP contribution in [-0.2, 0) is 0 Å². The van der Waals surface area contributed by atoms with Gasteiger partial charge in [0.05, 0.1) is 6.10 Å². The molecule has 100 valence electrons. The van der Waals surface area contributed by atoms with E-state index in [1.165, 1.54) is 11.3 Å². The summed E-state index contributed by atoms with van der Waals surface area (Å²) in [4.78, 5) is 2.35. The average Bonchev–Trinajstić information content (AvgIpc) is 2.88. The first-order chi connectivity index (χ1) is 8.61. The van der Waals surface area contributed by atoms with E-state index in [-0.39, 0.29) is 12.1 Å². The molecule has 1 heterocycles. The van der Waals surface area contributed by atoms with Crippen LogP contribution in [-0.4, -0.2) is 24.3 Å². The van der Waals surface area contributed by atoms with Crippen LogP contribution in [0, 0.1) is 5.92 Å². The van der Waals surface area contributed by atoms with Crippen molar-refractivity contribution in [2.45, 2.75) is 38.8 Å². The predicted molar refractivity (Wildman–Crippen MR) is 75.7 cm³/mol. The van der Waals surface area contributed by atoms with E-state index < -0.39 is 0 Å². The fraction of sp³-hybridized carbons (Fsp3) is 0.600. The molecule has 0 bridgehead atoms. The normalized spacial score (nSPS) is 23.1. The number of hydrogen-bond donors (Lipinski definition) is 2. The molecular weight excluding hydrogens is 224 g/mol. The van der Waals surface area contributed by atoms with Crippen molar-refractivity contribution in [3.63, 3.8) is 0 Å². The first-order valence-corrected chi connectivity index (χ1v) is 6.90. The van der Waals surface area contributed by atoms with Gasteiger partial charge in [-0.15, -0.1) is 0 Å². The Morgan fingerprint density at radius 3 is 2.56 bits per heavy atom. The van der Waals surface area contributed by atoms with Crippen LogP contribution in [0.2, 0.25) is 0 Å². The van der Waals surface area contributed by atoms with E-state index in [0.29, 0.717) is 5.92 Å². The Kier molecular flexibility index (Phi) is 4.25. The Hall–Kier alpha value is -1.06. The van der Waals surface area contributed by atoms with Gasteiger partial charge in [-0.2, -0.15) is 0 Å². The van der Waals surface area contributed by atoms with Crippen LogP contribution in [0.5, 0.6) is 0 Å². The van der Waals surface area contributed by atoms with Crippen LogP contribution < -0.4 is 10.6 Å². The molecule has 3 atom stereocenters. The minimum Gasteiger partial charge on any atom is -0.393 e. The van der Waals surface area contributed by atoms with Crippen molar-refractivity contribution < 1.29 is 5.11 Å². The second-order valence-electron chi connectivity index (χ2n) is 5.34. The second kappa shape index (κ2) is 5.72. The lowest BCUT2D eigenvalue weighted by Gasteiger charge is -2.20. The highest BCUT2D eigenvalue weighted by atomic mass is 16.3. The zero-order chi connectivity index (χ0) is 13.1. The van der Waals surface area contributed by atoms with Crippen molar-refractivity contribution in [3.8, 4) is 0 Å². The van der Waals surface area contributed by atoms with Crippen LogP contribution >= 0.6 is 0 Å². The van der Waals surface area contributed by atoms with E-state index >= 15 is 0 Å². The maximum Gasteiger partial charge on any atom is 0.0557 e. The molecule has 18 heavy (non-hydrogen) atoms. The summed E-state index contributed by atoms with van der Waals surface area (Å²) < 4.78 is 0. The van der Waals surface area contributed by atoms with Gasteiger partial charge in [0.15, 0.2) is 0 Å². The molecule has 0 aliphatic carbocycles. The molecule has 1 saturated heterocycles. The zero-order valence-electron chi connectivity index (χ0n) is 11.3. The summed E-state index contributed by atoms with van der Waals surface area (Å²) in [5.41, 5.74) is 8.46. The summed E-state index contributed by atoms with van der Waals surface area (Å²) in [5, 5.41) is 9.62. The lowest BCUT2D eigenvalue weighted by Crippen LogP contribution is -2.23.